The first kappa shape index (κ1) is 25.2. The lowest BCUT2D eigenvalue weighted by Gasteiger charge is -2.32. The molecule has 1 amide bonds. The summed E-state index contributed by atoms with van der Waals surface area (Å²) < 4.78 is 16.9. The standard InChI is InChI=1S/C22H37NO5Si/c1-17(27-16-18-12-10-9-11-13-18)19(20(24)26-14-15-29(6,7)8)23(5)21(25)28-22(2,3)4/h9-13,17,19H,14-16H2,1-8H3/t17-,19+/m1/s1. The monoisotopic (exact) mass is 423 g/mol. The first-order valence-electron chi connectivity index (χ1n) is 10.1. The lowest BCUT2D eigenvalue weighted by molar-refractivity contribution is -0.155. The van der Waals surface area contributed by atoms with E-state index in [2.05, 4.69) is 19.6 Å². The number of hydrogen-bond acceptors (Lipinski definition) is 5. The van der Waals surface area contributed by atoms with Crippen LogP contribution in [0.15, 0.2) is 30.3 Å². The number of benzene rings is 1. The van der Waals surface area contributed by atoms with Crippen molar-refractivity contribution in [2.24, 2.45) is 0 Å². The van der Waals surface area contributed by atoms with E-state index in [9.17, 15) is 9.59 Å². The van der Waals surface area contributed by atoms with Crippen molar-refractivity contribution in [3.05, 3.63) is 35.9 Å². The van der Waals surface area contributed by atoms with Crippen molar-refractivity contribution >= 4 is 20.1 Å². The summed E-state index contributed by atoms with van der Waals surface area (Å²) in [6, 6.07) is 9.66. The largest absolute Gasteiger partial charge is 0.464 e. The van der Waals surface area contributed by atoms with Crippen molar-refractivity contribution in [2.75, 3.05) is 13.7 Å². The molecule has 0 N–H and O–H groups in total. The quantitative estimate of drug-likeness (QED) is 0.425. The number of esters is 1. The Balaban J connectivity index is 2.87. The maximum Gasteiger partial charge on any atom is 0.410 e. The number of amides is 1. The third-order valence-corrected chi connectivity index (χ3v) is 5.94. The summed E-state index contributed by atoms with van der Waals surface area (Å²) in [6.45, 7) is 14.5. The smallest absolute Gasteiger partial charge is 0.410 e. The van der Waals surface area contributed by atoms with Crippen molar-refractivity contribution in [3.8, 4) is 0 Å². The molecule has 1 rings (SSSR count). The normalized spacial score (nSPS) is 14.1. The van der Waals surface area contributed by atoms with Crippen LogP contribution in [0.25, 0.3) is 0 Å². The van der Waals surface area contributed by atoms with Crippen molar-refractivity contribution in [2.45, 2.75) is 77.7 Å². The van der Waals surface area contributed by atoms with E-state index in [-0.39, 0.29) is 0 Å². The number of carbonyl (C=O) groups is 2. The van der Waals surface area contributed by atoms with Crippen LogP contribution in [0.1, 0.15) is 33.3 Å². The van der Waals surface area contributed by atoms with Crippen LogP contribution in [0.3, 0.4) is 0 Å². The summed E-state index contributed by atoms with van der Waals surface area (Å²) in [4.78, 5) is 26.7. The Morgan fingerprint density at radius 2 is 1.69 bits per heavy atom. The van der Waals surface area contributed by atoms with Gasteiger partial charge in [-0.05, 0) is 39.3 Å². The van der Waals surface area contributed by atoms with Gasteiger partial charge in [0.25, 0.3) is 0 Å². The second-order valence-electron chi connectivity index (χ2n) is 9.52. The van der Waals surface area contributed by atoms with Crippen LogP contribution in [0.4, 0.5) is 4.79 Å². The Bertz CT molecular complexity index is 651. The number of rotatable bonds is 9. The van der Waals surface area contributed by atoms with E-state index in [0.29, 0.717) is 13.2 Å². The Labute approximate surface area is 176 Å². The molecule has 1 aromatic carbocycles. The molecule has 0 heterocycles. The van der Waals surface area contributed by atoms with Crippen LogP contribution < -0.4 is 0 Å². The minimum absolute atomic E-state index is 0.336. The zero-order valence-electron chi connectivity index (χ0n) is 19.2. The highest BCUT2D eigenvalue weighted by atomic mass is 28.3. The number of nitrogens with zero attached hydrogens (tertiary/aromatic N) is 1. The average Bonchev–Trinajstić information content (AvgIpc) is 2.58. The van der Waals surface area contributed by atoms with Gasteiger partial charge in [0.05, 0.1) is 19.3 Å². The fourth-order valence-corrected chi connectivity index (χ4v) is 3.26. The Morgan fingerprint density at radius 1 is 1.10 bits per heavy atom. The lowest BCUT2D eigenvalue weighted by atomic mass is 10.1. The fourth-order valence-electron chi connectivity index (χ4n) is 2.55. The van der Waals surface area contributed by atoms with Gasteiger partial charge in [-0.3, -0.25) is 4.90 Å². The molecule has 6 nitrogen and oxygen atoms in total. The van der Waals surface area contributed by atoms with Gasteiger partial charge >= 0.3 is 12.1 Å². The van der Waals surface area contributed by atoms with Crippen LogP contribution in [0.2, 0.25) is 25.7 Å². The van der Waals surface area contributed by atoms with E-state index in [0.717, 1.165) is 11.6 Å². The number of hydrogen-bond donors (Lipinski definition) is 0. The molecule has 29 heavy (non-hydrogen) atoms. The predicted octanol–water partition coefficient (Wildman–Crippen LogP) is 4.71. The van der Waals surface area contributed by atoms with Crippen molar-refractivity contribution < 1.29 is 23.8 Å². The van der Waals surface area contributed by atoms with Gasteiger partial charge < -0.3 is 14.2 Å². The van der Waals surface area contributed by atoms with Gasteiger partial charge in [-0.1, -0.05) is 50.0 Å². The topological polar surface area (TPSA) is 65.1 Å². The Hall–Kier alpha value is -1.86. The van der Waals surface area contributed by atoms with Gasteiger partial charge in [-0.15, -0.1) is 0 Å². The Kier molecular flexibility index (Phi) is 9.36. The zero-order chi connectivity index (χ0) is 22.2. The Morgan fingerprint density at radius 3 is 2.21 bits per heavy atom. The first-order valence-corrected chi connectivity index (χ1v) is 13.8. The lowest BCUT2D eigenvalue weighted by Crippen LogP contribution is -2.51. The second-order valence-corrected chi connectivity index (χ2v) is 15.1. The number of likely N-dealkylation sites (N-methyl/N-ethyl adjacent to an activating group) is 1. The van der Waals surface area contributed by atoms with Gasteiger partial charge in [-0.25, -0.2) is 9.59 Å². The van der Waals surface area contributed by atoms with Crippen molar-refractivity contribution in [3.63, 3.8) is 0 Å². The first-order chi connectivity index (χ1) is 13.3. The molecule has 0 aromatic heterocycles. The summed E-state index contributed by atoms with van der Waals surface area (Å²) in [6.07, 6.45) is -1.15. The average molecular weight is 424 g/mol. The van der Waals surface area contributed by atoms with Crippen LogP contribution in [0.5, 0.6) is 0 Å². The molecule has 1 aromatic rings. The summed E-state index contributed by atoms with van der Waals surface area (Å²) in [5.74, 6) is -0.475. The highest BCUT2D eigenvalue weighted by Crippen LogP contribution is 2.17. The maximum atomic E-state index is 12.9. The summed E-state index contributed by atoms with van der Waals surface area (Å²) in [5, 5.41) is 0. The second kappa shape index (κ2) is 10.8. The molecular weight excluding hydrogens is 386 g/mol. The van der Waals surface area contributed by atoms with Crippen molar-refractivity contribution in [1.82, 2.24) is 4.90 Å². The van der Waals surface area contributed by atoms with E-state index in [1.807, 2.05) is 30.3 Å². The molecule has 0 aliphatic rings. The molecule has 0 radical (unpaired) electrons. The fraction of sp³-hybridized carbons (Fsp3) is 0.636. The minimum atomic E-state index is -1.34. The summed E-state index contributed by atoms with van der Waals surface area (Å²) in [5.41, 5.74) is 0.330. The molecule has 0 aliphatic carbocycles. The van der Waals surface area contributed by atoms with Crippen LogP contribution in [-0.2, 0) is 25.6 Å². The molecule has 0 saturated carbocycles. The highest BCUT2D eigenvalue weighted by Gasteiger charge is 2.36. The highest BCUT2D eigenvalue weighted by molar-refractivity contribution is 6.76. The molecule has 0 aliphatic heterocycles. The molecule has 0 spiro atoms. The third-order valence-electron chi connectivity index (χ3n) is 4.24. The van der Waals surface area contributed by atoms with Gasteiger partial charge in [0.1, 0.15) is 5.60 Å². The molecular formula is C22H37NO5Si. The number of carbonyl (C=O) groups excluding carboxylic acids is 2. The summed E-state index contributed by atoms with van der Waals surface area (Å²) in [7, 11) is 0.203. The van der Waals surface area contributed by atoms with E-state index >= 15 is 0 Å². The number of ether oxygens (including phenoxy) is 3. The third kappa shape index (κ3) is 9.94. The van der Waals surface area contributed by atoms with E-state index in [1.165, 1.54) is 4.90 Å². The zero-order valence-corrected chi connectivity index (χ0v) is 20.2. The van der Waals surface area contributed by atoms with Crippen LogP contribution in [0, 0.1) is 0 Å². The summed E-state index contributed by atoms with van der Waals surface area (Å²) >= 11 is 0. The molecule has 0 fully saturated rings. The van der Waals surface area contributed by atoms with Gasteiger partial charge in [0.2, 0.25) is 0 Å². The van der Waals surface area contributed by atoms with E-state index < -0.39 is 37.9 Å². The maximum absolute atomic E-state index is 12.9. The molecule has 7 heteroatoms. The molecule has 164 valence electrons. The van der Waals surface area contributed by atoms with Gasteiger partial charge in [-0.2, -0.15) is 0 Å². The predicted molar refractivity (Wildman–Crippen MR) is 118 cm³/mol. The van der Waals surface area contributed by atoms with Crippen molar-refractivity contribution in [1.29, 1.82) is 0 Å². The van der Waals surface area contributed by atoms with Gasteiger partial charge in [0, 0.05) is 15.1 Å². The SMILES string of the molecule is C[C@@H](OCc1ccccc1)[C@@H](C(=O)OCC[Si](C)(C)C)N(C)C(=O)OC(C)(C)C. The van der Waals surface area contributed by atoms with E-state index in [1.54, 1.807) is 34.7 Å². The van der Waals surface area contributed by atoms with Gasteiger partial charge in [0.15, 0.2) is 6.04 Å². The van der Waals surface area contributed by atoms with E-state index in [4.69, 9.17) is 14.2 Å². The molecule has 2 atom stereocenters. The van der Waals surface area contributed by atoms with Crippen LogP contribution in [-0.4, -0.2) is 56.4 Å². The minimum Gasteiger partial charge on any atom is -0.464 e. The molecule has 0 saturated heterocycles. The van der Waals surface area contributed by atoms with Crippen LogP contribution >= 0.6 is 0 Å². The molecule has 0 bridgehead atoms. The molecule has 0 unspecified atom stereocenters.